The van der Waals surface area contributed by atoms with Crippen LogP contribution in [0.25, 0.3) is 0 Å². The number of rotatable bonds is 6. The summed E-state index contributed by atoms with van der Waals surface area (Å²) >= 11 is 0. The van der Waals surface area contributed by atoms with Gasteiger partial charge in [-0.15, -0.1) is 0 Å². The summed E-state index contributed by atoms with van der Waals surface area (Å²) in [6.07, 6.45) is 0.560. The minimum absolute atomic E-state index is 0.0625. The van der Waals surface area contributed by atoms with Crippen LogP contribution in [0.5, 0.6) is 0 Å². The molecule has 1 aromatic rings. The zero-order valence-corrected chi connectivity index (χ0v) is 13.2. The van der Waals surface area contributed by atoms with Gasteiger partial charge < -0.3 is 16.2 Å². The van der Waals surface area contributed by atoms with Crippen molar-refractivity contribution in [3.8, 4) is 0 Å². The van der Waals surface area contributed by atoms with Gasteiger partial charge in [-0.3, -0.25) is 0 Å². The predicted molar refractivity (Wildman–Crippen MR) is 81.1 cm³/mol. The lowest BCUT2D eigenvalue weighted by molar-refractivity contribution is 0.261. The largest absolute Gasteiger partial charge is 0.397 e. The molecule has 0 unspecified atom stereocenters. The van der Waals surface area contributed by atoms with Gasteiger partial charge >= 0.3 is 0 Å². The topological polar surface area (TPSA) is 95.7 Å². The van der Waals surface area contributed by atoms with E-state index in [-0.39, 0.29) is 17.0 Å². The van der Waals surface area contributed by atoms with Gasteiger partial charge in [-0.1, -0.05) is 0 Å². The van der Waals surface area contributed by atoms with Crippen LogP contribution in [0.2, 0.25) is 0 Å². The molecule has 0 fully saturated rings. The number of anilines is 2. The summed E-state index contributed by atoms with van der Waals surface area (Å²) in [5, 5.41) is 12.2. The van der Waals surface area contributed by atoms with Gasteiger partial charge in [-0.2, -0.15) is 0 Å². The molecule has 1 rings (SSSR count). The molecule has 4 N–H and O–H groups in total. The molecule has 114 valence electrons. The zero-order valence-electron chi connectivity index (χ0n) is 12.3. The van der Waals surface area contributed by atoms with Gasteiger partial charge in [-0.05, 0) is 38.5 Å². The summed E-state index contributed by atoms with van der Waals surface area (Å²) in [5.41, 5.74) is 6.60. The predicted octanol–water partition coefficient (Wildman–Crippen LogP) is 1.09. The van der Waals surface area contributed by atoms with Gasteiger partial charge in [0, 0.05) is 26.2 Å². The Morgan fingerprint density at radius 1 is 1.35 bits per heavy atom. The van der Waals surface area contributed by atoms with Crippen LogP contribution in [0.3, 0.4) is 0 Å². The molecule has 0 amide bonds. The Morgan fingerprint density at radius 3 is 2.40 bits per heavy atom. The minimum Gasteiger partial charge on any atom is -0.397 e. The molecule has 0 atom stereocenters. The van der Waals surface area contributed by atoms with Crippen molar-refractivity contribution in [3.05, 3.63) is 18.2 Å². The molecule has 0 heterocycles. The van der Waals surface area contributed by atoms with E-state index >= 15 is 0 Å². The average molecular weight is 301 g/mol. The molecule has 0 aliphatic heterocycles. The number of nitrogens with two attached hydrogens (primary N) is 1. The highest BCUT2D eigenvalue weighted by atomic mass is 32.2. The number of aliphatic hydroxyl groups excluding tert-OH is 1. The van der Waals surface area contributed by atoms with Crippen molar-refractivity contribution in [1.82, 2.24) is 4.31 Å². The number of sulfonamides is 1. The first kappa shape index (κ1) is 16.7. The molecule has 0 bridgehead atoms. The number of benzene rings is 1. The van der Waals surface area contributed by atoms with E-state index in [4.69, 9.17) is 10.8 Å². The normalized spacial score (nSPS) is 12.7. The second-order valence-electron chi connectivity index (χ2n) is 5.52. The molecular weight excluding hydrogens is 278 g/mol. The van der Waals surface area contributed by atoms with Crippen LogP contribution >= 0.6 is 0 Å². The number of nitrogens with one attached hydrogen (secondary N) is 1. The number of nitrogens with zero attached hydrogens (tertiary/aromatic N) is 1. The van der Waals surface area contributed by atoms with Gasteiger partial charge in [0.25, 0.3) is 0 Å². The third kappa shape index (κ3) is 3.84. The Hall–Kier alpha value is -1.31. The van der Waals surface area contributed by atoms with Crippen molar-refractivity contribution in [2.45, 2.75) is 30.7 Å². The van der Waals surface area contributed by atoms with Crippen LogP contribution in [-0.4, -0.2) is 44.1 Å². The first-order chi connectivity index (χ1) is 9.10. The van der Waals surface area contributed by atoms with E-state index in [1.54, 1.807) is 6.07 Å². The van der Waals surface area contributed by atoms with E-state index < -0.39 is 10.0 Å². The van der Waals surface area contributed by atoms with E-state index in [1.807, 2.05) is 13.8 Å². The van der Waals surface area contributed by atoms with Crippen LogP contribution in [0, 0.1) is 0 Å². The fraction of sp³-hybridized carbons (Fsp3) is 0.538. The van der Waals surface area contributed by atoms with Crippen LogP contribution in [-0.2, 0) is 10.0 Å². The number of aliphatic hydroxyl groups is 1. The molecule has 20 heavy (non-hydrogen) atoms. The highest BCUT2D eigenvalue weighted by molar-refractivity contribution is 7.89. The molecule has 0 aromatic heterocycles. The minimum atomic E-state index is -3.48. The molecule has 0 saturated heterocycles. The lowest BCUT2D eigenvalue weighted by Crippen LogP contribution is -2.32. The van der Waals surface area contributed by atoms with E-state index in [0.717, 1.165) is 4.31 Å². The second-order valence-corrected chi connectivity index (χ2v) is 7.67. The van der Waals surface area contributed by atoms with Gasteiger partial charge in [0.15, 0.2) is 0 Å². The highest BCUT2D eigenvalue weighted by Gasteiger charge is 2.21. The maximum atomic E-state index is 12.0. The van der Waals surface area contributed by atoms with Gasteiger partial charge in [0.2, 0.25) is 10.0 Å². The van der Waals surface area contributed by atoms with Crippen LogP contribution < -0.4 is 11.1 Å². The Kier molecular flexibility index (Phi) is 5.01. The van der Waals surface area contributed by atoms with Gasteiger partial charge in [-0.25, -0.2) is 12.7 Å². The van der Waals surface area contributed by atoms with E-state index in [0.29, 0.717) is 17.8 Å². The monoisotopic (exact) mass is 301 g/mol. The lowest BCUT2D eigenvalue weighted by Gasteiger charge is -2.27. The van der Waals surface area contributed by atoms with Gasteiger partial charge in [0.05, 0.1) is 16.3 Å². The van der Waals surface area contributed by atoms with Crippen molar-refractivity contribution in [2.75, 3.05) is 31.8 Å². The van der Waals surface area contributed by atoms with E-state index in [2.05, 4.69) is 5.32 Å². The fourth-order valence-corrected chi connectivity index (χ4v) is 2.67. The maximum Gasteiger partial charge on any atom is 0.242 e. The zero-order chi connectivity index (χ0) is 15.6. The van der Waals surface area contributed by atoms with Crippen molar-refractivity contribution in [1.29, 1.82) is 0 Å². The summed E-state index contributed by atoms with van der Waals surface area (Å²) in [6, 6.07) is 4.60. The summed E-state index contributed by atoms with van der Waals surface area (Å²) in [4.78, 5) is 0.158. The third-order valence-corrected chi connectivity index (χ3v) is 4.82. The Bertz CT molecular complexity index is 568. The van der Waals surface area contributed by atoms with Gasteiger partial charge in [0.1, 0.15) is 0 Å². The fourth-order valence-electron chi connectivity index (χ4n) is 1.73. The Balaban J connectivity index is 3.07. The summed E-state index contributed by atoms with van der Waals surface area (Å²) in [5.74, 6) is 0. The number of hydrogen-bond donors (Lipinski definition) is 3. The van der Waals surface area contributed by atoms with Crippen molar-refractivity contribution in [3.63, 3.8) is 0 Å². The Morgan fingerprint density at radius 2 is 1.95 bits per heavy atom. The summed E-state index contributed by atoms with van der Waals surface area (Å²) in [6.45, 7) is 3.94. The van der Waals surface area contributed by atoms with Crippen molar-refractivity contribution in [2.24, 2.45) is 0 Å². The lowest BCUT2D eigenvalue weighted by atomic mass is 10.0. The molecule has 0 aliphatic carbocycles. The second kappa shape index (κ2) is 5.99. The Labute approximate surface area is 120 Å². The molecule has 7 heteroatoms. The maximum absolute atomic E-state index is 12.0. The van der Waals surface area contributed by atoms with Crippen molar-refractivity contribution < 1.29 is 13.5 Å². The van der Waals surface area contributed by atoms with Crippen LogP contribution in [0.4, 0.5) is 11.4 Å². The molecule has 0 saturated carbocycles. The standard InChI is InChI=1S/C13H23N3O3S/c1-13(2,7-8-17)15-12-6-5-10(9-11(12)14)20(18,19)16(3)4/h5-6,9,15,17H,7-8,14H2,1-4H3. The number of nitrogen functional groups attached to an aromatic ring is 1. The molecule has 1 aromatic carbocycles. The molecule has 0 aliphatic rings. The van der Waals surface area contributed by atoms with Crippen LogP contribution in [0.15, 0.2) is 23.1 Å². The van der Waals surface area contributed by atoms with Crippen LogP contribution in [0.1, 0.15) is 20.3 Å². The molecule has 0 spiro atoms. The highest BCUT2D eigenvalue weighted by Crippen LogP contribution is 2.27. The first-order valence-corrected chi connectivity index (χ1v) is 7.75. The average Bonchev–Trinajstić information content (AvgIpc) is 2.31. The van der Waals surface area contributed by atoms with Crippen molar-refractivity contribution >= 4 is 21.4 Å². The SMILES string of the molecule is CN(C)S(=O)(=O)c1ccc(NC(C)(C)CCO)c(N)c1. The quantitative estimate of drug-likeness (QED) is 0.684. The third-order valence-electron chi connectivity index (χ3n) is 3.01. The molecule has 6 nitrogen and oxygen atoms in total. The van der Waals surface area contributed by atoms with E-state index in [9.17, 15) is 8.42 Å². The summed E-state index contributed by atoms with van der Waals surface area (Å²) in [7, 11) is -0.536. The molecule has 0 radical (unpaired) electrons. The first-order valence-electron chi connectivity index (χ1n) is 6.31. The smallest absolute Gasteiger partial charge is 0.242 e. The number of hydrogen-bond acceptors (Lipinski definition) is 5. The van der Waals surface area contributed by atoms with E-state index in [1.165, 1.54) is 26.2 Å². The summed E-state index contributed by atoms with van der Waals surface area (Å²) < 4.78 is 25.1. The molecular formula is C13H23N3O3S.